The van der Waals surface area contributed by atoms with Gasteiger partial charge in [-0.1, -0.05) is 24.0 Å². The third-order valence-corrected chi connectivity index (χ3v) is 5.37. The Kier molecular flexibility index (Phi) is 5.77. The standard InChI is InChI=1S/C16H19N3O2S2/c20-15-14(12-13-2-4-17-5-3-13)23-16(22)19(15)7-1-6-18-8-10-21-11-9-18/h2-5,12H,1,6-11H2/p+1/b14-12-. The number of rotatable bonds is 5. The number of morpholine rings is 1. The summed E-state index contributed by atoms with van der Waals surface area (Å²) in [4.78, 5) is 20.5. The molecular formula is C16H20N3O2S2+. The Hall–Kier alpha value is -1.28. The van der Waals surface area contributed by atoms with Crippen LogP contribution in [-0.2, 0) is 9.53 Å². The third-order valence-electron chi connectivity index (χ3n) is 3.99. The number of aromatic nitrogens is 1. The largest absolute Gasteiger partial charge is 0.370 e. The SMILES string of the molecule is O=C1/C(=C/c2ccncc2)SC(=S)N1CCC[NH+]1CCOCC1. The first-order chi connectivity index (χ1) is 11.2. The van der Waals surface area contributed by atoms with Gasteiger partial charge in [0, 0.05) is 25.4 Å². The van der Waals surface area contributed by atoms with Crippen molar-refractivity contribution in [2.24, 2.45) is 0 Å². The van der Waals surface area contributed by atoms with E-state index in [9.17, 15) is 4.79 Å². The van der Waals surface area contributed by atoms with Crippen LogP contribution in [-0.4, -0.2) is 59.5 Å². The highest BCUT2D eigenvalue weighted by molar-refractivity contribution is 8.26. The molecule has 1 N–H and O–H groups in total. The maximum Gasteiger partial charge on any atom is 0.266 e. The summed E-state index contributed by atoms with van der Waals surface area (Å²) in [5.74, 6) is 0.0220. The van der Waals surface area contributed by atoms with Crippen molar-refractivity contribution < 1.29 is 14.4 Å². The fourth-order valence-electron chi connectivity index (χ4n) is 2.70. The lowest BCUT2D eigenvalue weighted by Gasteiger charge is -2.24. The molecule has 0 unspecified atom stereocenters. The molecule has 23 heavy (non-hydrogen) atoms. The number of nitrogens with one attached hydrogen (secondary N) is 1. The smallest absolute Gasteiger partial charge is 0.266 e. The van der Waals surface area contributed by atoms with Crippen LogP contribution in [0.25, 0.3) is 6.08 Å². The fourth-order valence-corrected chi connectivity index (χ4v) is 4.01. The molecule has 0 aliphatic carbocycles. The zero-order valence-corrected chi connectivity index (χ0v) is 14.5. The molecule has 1 aromatic rings. The van der Waals surface area contributed by atoms with Gasteiger partial charge in [0.2, 0.25) is 0 Å². The summed E-state index contributed by atoms with van der Waals surface area (Å²) in [5.41, 5.74) is 0.971. The van der Waals surface area contributed by atoms with Gasteiger partial charge in [-0.3, -0.25) is 14.7 Å². The molecule has 0 radical (unpaired) electrons. The van der Waals surface area contributed by atoms with E-state index in [2.05, 4.69) is 4.98 Å². The van der Waals surface area contributed by atoms with Crippen molar-refractivity contribution in [1.82, 2.24) is 9.88 Å². The van der Waals surface area contributed by atoms with Crippen LogP contribution >= 0.6 is 24.0 Å². The van der Waals surface area contributed by atoms with E-state index < -0.39 is 0 Å². The summed E-state index contributed by atoms with van der Waals surface area (Å²) >= 11 is 6.75. The van der Waals surface area contributed by atoms with E-state index in [0.29, 0.717) is 15.8 Å². The first-order valence-corrected chi connectivity index (χ1v) is 9.03. The minimum Gasteiger partial charge on any atom is -0.370 e. The van der Waals surface area contributed by atoms with Crippen LogP contribution in [0.1, 0.15) is 12.0 Å². The highest BCUT2D eigenvalue weighted by Gasteiger charge is 2.31. The summed E-state index contributed by atoms with van der Waals surface area (Å²) in [6.07, 6.45) is 6.29. The lowest BCUT2D eigenvalue weighted by molar-refractivity contribution is -0.908. The van der Waals surface area contributed by atoms with Gasteiger partial charge < -0.3 is 9.64 Å². The van der Waals surface area contributed by atoms with Crippen LogP contribution in [0.4, 0.5) is 0 Å². The second-order valence-electron chi connectivity index (χ2n) is 5.58. The van der Waals surface area contributed by atoms with Gasteiger partial charge in [0.05, 0.1) is 24.7 Å². The first kappa shape index (κ1) is 16.6. The summed E-state index contributed by atoms with van der Waals surface area (Å²) in [6, 6.07) is 3.77. The maximum atomic E-state index is 12.5. The molecular weight excluding hydrogens is 330 g/mol. The Morgan fingerprint density at radius 3 is 2.83 bits per heavy atom. The molecule has 2 fully saturated rings. The minimum atomic E-state index is 0.0220. The lowest BCUT2D eigenvalue weighted by Crippen LogP contribution is -3.14. The second kappa shape index (κ2) is 8.01. The predicted octanol–water partition coefficient (Wildman–Crippen LogP) is 0.588. The molecule has 1 aromatic heterocycles. The quantitative estimate of drug-likeness (QED) is 0.622. The Balaban J connectivity index is 1.55. The average Bonchev–Trinajstić information content (AvgIpc) is 2.84. The number of thiocarbonyl (C=S) groups is 1. The number of hydrogen-bond donors (Lipinski definition) is 1. The Bertz CT molecular complexity index is 601. The Morgan fingerprint density at radius 2 is 2.09 bits per heavy atom. The molecule has 3 heterocycles. The first-order valence-electron chi connectivity index (χ1n) is 7.81. The van der Waals surface area contributed by atoms with E-state index in [1.54, 1.807) is 22.2 Å². The van der Waals surface area contributed by atoms with E-state index in [4.69, 9.17) is 17.0 Å². The molecule has 2 saturated heterocycles. The van der Waals surface area contributed by atoms with Gasteiger partial charge in [-0.25, -0.2) is 0 Å². The lowest BCUT2D eigenvalue weighted by atomic mass is 10.2. The number of quaternary nitrogens is 1. The summed E-state index contributed by atoms with van der Waals surface area (Å²) in [5, 5.41) is 0. The molecule has 2 aliphatic rings. The molecule has 0 bridgehead atoms. The third kappa shape index (κ3) is 4.38. The second-order valence-corrected chi connectivity index (χ2v) is 7.26. The van der Waals surface area contributed by atoms with Crippen LogP contribution < -0.4 is 4.90 Å². The number of carbonyl (C=O) groups is 1. The molecule has 5 nitrogen and oxygen atoms in total. The minimum absolute atomic E-state index is 0.0220. The zero-order chi connectivity index (χ0) is 16.1. The van der Waals surface area contributed by atoms with Crippen LogP contribution in [0.3, 0.4) is 0 Å². The van der Waals surface area contributed by atoms with Gasteiger partial charge in [-0.2, -0.15) is 0 Å². The van der Waals surface area contributed by atoms with Gasteiger partial charge in [0.1, 0.15) is 17.4 Å². The predicted molar refractivity (Wildman–Crippen MR) is 95.1 cm³/mol. The molecule has 0 spiro atoms. The monoisotopic (exact) mass is 350 g/mol. The number of amides is 1. The summed E-state index contributed by atoms with van der Waals surface area (Å²) in [6.45, 7) is 5.54. The highest BCUT2D eigenvalue weighted by Crippen LogP contribution is 2.32. The maximum absolute atomic E-state index is 12.5. The van der Waals surface area contributed by atoms with E-state index in [-0.39, 0.29) is 5.91 Å². The number of carbonyl (C=O) groups excluding carboxylic acids is 1. The topological polar surface area (TPSA) is 46.9 Å². The van der Waals surface area contributed by atoms with Crippen LogP contribution in [0.2, 0.25) is 0 Å². The molecule has 122 valence electrons. The molecule has 0 atom stereocenters. The van der Waals surface area contributed by atoms with E-state index in [1.165, 1.54) is 11.8 Å². The summed E-state index contributed by atoms with van der Waals surface area (Å²) < 4.78 is 6.02. The zero-order valence-electron chi connectivity index (χ0n) is 12.9. The van der Waals surface area contributed by atoms with Crippen molar-refractivity contribution in [1.29, 1.82) is 0 Å². The summed E-state index contributed by atoms with van der Waals surface area (Å²) in [7, 11) is 0. The molecule has 2 aliphatic heterocycles. The van der Waals surface area contributed by atoms with Crippen LogP contribution in [0, 0.1) is 0 Å². The van der Waals surface area contributed by atoms with Gasteiger partial charge in [0.15, 0.2) is 0 Å². The van der Waals surface area contributed by atoms with Gasteiger partial charge >= 0.3 is 0 Å². The molecule has 7 heteroatoms. The highest BCUT2D eigenvalue weighted by atomic mass is 32.2. The van der Waals surface area contributed by atoms with Crippen molar-refractivity contribution in [3.63, 3.8) is 0 Å². The van der Waals surface area contributed by atoms with Crippen molar-refractivity contribution >= 4 is 40.3 Å². The van der Waals surface area contributed by atoms with E-state index in [0.717, 1.165) is 44.8 Å². The van der Waals surface area contributed by atoms with E-state index >= 15 is 0 Å². The van der Waals surface area contributed by atoms with Crippen molar-refractivity contribution in [3.05, 3.63) is 35.0 Å². The van der Waals surface area contributed by atoms with Gasteiger partial charge in [0.25, 0.3) is 5.91 Å². The number of pyridine rings is 1. The average molecular weight is 350 g/mol. The molecule has 0 aromatic carbocycles. The van der Waals surface area contributed by atoms with Crippen molar-refractivity contribution in [2.75, 3.05) is 39.4 Å². The van der Waals surface area contributed by atoms with Crippen molar-refractivity contribution in [3.8, 4) is 0 Å². The van der Waals surface area contributed by atoms with Crippen LogP contribution in [0.5, 0.6) is 0 Å². The molecule has 0 saturated carbocycles. The molecule has 3 rings (SSSR count). The fraction of sp³-hybridized carbons (Fsp3) is 0.438. The number of thioether (sulfide) groups is 1. The Morgan fingerprint density at radius 1 is 1.35 bits per heavy atom. The number of hydrogen-bond acceptors (Lipinski definition) is 5. The molecule has 1 amide bonds. The van der Waals surface area contributed by atoms with E-state index in [1.807, 2.05) is 18.2 Å². The number of ether oxygens (including phenoxy) is 1. The normalized spacial score (nSPS) is 21.4. The number of nitrogens with zero attached hydrogens (tertiary/aromatic N) is 2. The Labute approximate surface area is 145 Å². The van der Waals surface area contributed by atoms with Gasteiger partial charge in [-0.05, 0) is 23.8 Å². The van der Waals surface area contributed by atoms with Crippen LogP contribution in [0.15, 0.2) is 29.4 Å². The van der Waals surface area contributed by atoms with Gasteiger partial charge in [-0.15, -0.1) is 0 Å². The van der Waals surface area contributed by atoms with Crippen molar-refractivity contribution in [2.45, 2.75) is 6.42 Å².